The minimum atomic E-state index is -3.61. The Balaban J connectivity index is 4.03. The van der Waals surface area contributed by atoms with Crippen LogP contribution in [0.25, 0.3) is 0 Å². The van der Waals surface area contributed by atoms with E-state index in [-0.39, 0.29) is 18.5 Å². The second-order valence-electron chi connectivity index (χ2n) is 4.19. The van der Waals surface area contributed by atoms with Crippen molar-refractivity contribution in [3.8, 4) is 0 Å². The molecule has 0 rings (SSSR count). The van der Waals surface area contributed by atoms with E-state index in [0.29, 0.717) is 0 Å². The van der Waals surface area contributed by atoms with Crippen LogP contribution in [0, 0.1) is 0 Å². The maximum Gasteiger partial charge on any atom is 0.325 e. The monoisotopic (exact) mass is 296 g/mol. The van der Waals surface area contributed by atoms with E-state index in [1.165, 1.54) is 6.92 Å². The van der Waals surface area contributed by atoms with Gasteiger partial charge in [0.15, 0.2) is 0 Å². The Kier molecular flexibility index (Phi) is 7.57. The molecule has 0 saturated carbocycles. The third kappa shape index (κ3) is 9.40. The van der Waals surface area contributed by atoms with Crippen LogP contribution < -0.4 is 10.0 Å². The highest BCUT2D eigenvalue weighted by Gasteiger charge is 2.16. The summed E-state index contributed by atoms with van der Waals surface area (Å²) in [5.74, 6) is -2.16. The normalized spacial score (nSPS) is 13.3. The first-order valence-corrected chi connectivity index (χ1v) is 7.40. The molecule has 3 N–H and O–H groups in total. The average Bonchev–Trinajstić information content (AvgIpc) is 2.25. The van der Waals surface area contributed by atoms with Crippen LogP contribution >= 0.6 is 0 Å². The fourth-order valence-electron chi connectivity index (χ4n) is 0.995. The van der Waals surface area contributed by atoms with E-state index in [4.69, 9.17) is 9.84 Å². The van der Waals surface area contributed by atoms with Gasteiger partial charge in [0.1, 0.15) is 6.04 Å². The van der Waals surface area contributed by atoms with E-state index in [9.17, 15) is 18.0 Å². The van der Waals surface area contributed by atoms with Crippen LogP contribution in [0.5, 0.6) is 0 Å². The molecule has 0 heterocycles. The molecule has 0 aromatic carbocycles. The summed E-state index contributed by atoms with van der Waals surface area (Å²) in [5.41, 5.74) is 0. The van der Waals surface area contributed by atoms with Gasteiger partial charge in [0.05, 0.1) is 25.0 Å². The molecule has 0 aliphatic carbocycles. The summed E-state index contributed by atoms with van der Waals surface area (Å²) >= 11 is 0. The Hall–Kier alpha value is -1.19. The Morgan fingerprint density at radius 3 is 2.32 bits per heavy atom. The lowest BCUT2D eigenvalue weighted by molar-refractivity contribution is -0.141. The van der Waals surface area contributed by atoms with E-state index >= 15 is 0 Å². The first kappa shape index (κ1) is 17.8. The first-order valence-electron chi connectivity index (χ1n) is 5.75. The molecule has 0 aromatic rings. The molecule has 1 unspecified atom stereocenters. The molecule has 19 heavy (non-hydrogen) atoms. The zero-order chi connectivity index (χ0) is 15.1. The van der Waals surface area contributed by atoms with E-state index in [2.05, 4.69) is 10.0 Å². The minimum Gasteiger partial charge on any atom is -0.480 e. The van der Waals surface area contributed by atoms with Gasteiger partial charge in [0, 0.05) is 0 Å². The van der Waals surface area contributed by atoms with Gasteiger partial charge in [-0.05, 0) is 20.8 Å². The van der Waals surface area contributed by atoms with Gasteiger partial charge >= 0.3 is 5.97 Å². The van der Waals surface area contributed by atoms with Gasteiger partial charge in [-0.1, -0.05) is 0 Å². The summed E-state index contributed by atoms with van der Waals surface area (Å²) in [6.45, 7) is 4.37. The number of amides is 1. The van der Waals surface area contributed by atoms with Crippen molar-refractivity contribution in [2.75, 3.05) is 18.9 Å². The molecule has 0 fully saturated rings. The summed E-state index contributed by atoms with van der Waals surface area (Å²) in [7, 11) is -3.61. The van der Waals surface area contributed by atoms with Crippen molar-refractivity contribution in [2.24, 2.45) is 0 Å². The van der Waals surface area contributed by atoms with Gasteiger partial charge in [0.2, 0.25) is 15.9 Å². The summed E-state index contributed by atoms with van der Waals surface area (Å²) in [4.78, 5) is 21.7. The fourth-order valence-corrected chi connectivity index (χ4v) is 1.81. The molecule has 0 aromatic heterocycles. The Morgan fingerprint density at radius 2 is 1.84 bits per heavy atom. The lowest BCUT2D eigenvalue weighted by Crippen LogP contribution is -2.44. The third-order valence-electron chi connectivity index (χ3n) is 2.00. The molecule has 0 saturated heterocycles. The molecule has 0 bridgehead atoms. The highest BCUT2D eigenvalue weighted by Crippen LogP contribution is 1.91. The average molecular weight is 296 g/mol. The summed E-state index contributed by atoms with van der Waals surface area (Å²) in [5, 5.41) is 10.7. The van der Waals surface area contributed by atoms with Crippen molar-refractivity contribution in [3.05, 3.63) is 0 Å². The van der Waals surface area contributed by atoms with Gasteiger partial charge in [-0.15, -0.1) is 0 Å². The zero-order valence-corrected chi connectivity index (χ0v) is 12.0. The van der Waals surface area contributed by atoms with Crippen molar-refractivity contribution in [3.63, 3.8) is 0 Å². The zero-order valence-electron chi connectivity index (χ0n) is 11.2. The first-order chi connectivity index (χ1) is 8.64. The number of carbonyl (C=O) groups excluding carboxylic acids is 1. The Bertz CT molecular complexity index is 406. The van der Waals surface area contributed by atoms with E-state index < -0.39 is 34.5 Å². The number of sulfonamides is 1. The van der Waals surface area contributed by atoms with E-state index in [0.717, 1.165) is 0 Å². The number of carboxylic acids is 1. The van der Waals surface area contributed by atoms with E-state index in [1.54, 1.807) is 13.8 Å². The summed E-state index contributed by atoms with van der Waals surface area (Å²) in [6.07, 6.45) is -0.0742. The molecule has 112 valence electrons. The van der Waals surface area contributed by atoms with Crippen LogP contribution in [0.3, 0.4) is 0 Å². The standard InChI is InChI=1S/C10H20N2O6S/c1-7(2)18-4-5-19(16,17)11-6-9(13)12-8(3)10(14)15/h7-8,11H,4-6H2,1-3H3,(H,12,13)(H,14,15). The van der Waals surface area contributed by atoms with Gasteiger partial charge < -0.3 is 15.2 Å². The molecule has 0 spiro atoms. The van der Waals surface area contributed by atoms with Crippen molar-refractivity contribution >= 4 is 21.9 Å². The highest BCUT2D eigenvalue weighted by molar-refractivity contribution is 7.89. The van der Waals surface area contributed by atoms with Crippen LogP contribution in [-0.4, -0.2) is 56.5 Å². The molecule has 9 heteroatoms. The predicted octanol–water partition coefficient (Wildman–Crippen LogP) is -1.08. The van der Waals surface area contributed by atoms with E-state index in [1.807, 2.05) is 0 Å². The maximum atomic E-state index is 11.4. The van der Waals surface area contributed by atoms with Crippen LogP contribution in [0.1, 0.15) is 20.8 Å². The maximum absolute atomic E-state index is 11.4. The SMILES string of the molecule is CC(C)OCCS(=O)(=O)NCC(=O)NC(C)C(=O)O. The number of aliphatic carboxylic acids is 1. The second kappa shape index (κ2) is 8.08. The molecule has 1 amide bonds. The van der Waals surface area contributed by atoms with Crippen molar-refractivity contribution in [2.45, 2.75) is 32.9 Å². The van der Waals surface area contributed by atoms with Crippen LogP contribution in [0.2, 0.25) is 0 Å². The largest absolute Gasteiger partial charge is 0.480 e. The quantitative estimate of drug-likeness (QED) is 0.497. The molecule has 0 radical (unpaired) electrons. The van der Waals surface area contributed by atoms with Crippen molar-refractivity contribution in [1.29, 1.82) is 0 Å². The molecule has 0 aliphatic rings. The predicted molar refractivity (Wildman–Crippen MR) is 68.1 cm³/mol. The molecule has 1 atom stereocenters. The van der Waals surface area contributed by atoms with Crippen molar-refractivity contribution < 1.29 is 27.9 Å². The van der Waals surface area contributed by atoms with Gasteiger partial charge in [-0.2, -0.15) is 0 Å². The topological polar surface area (TPSA) is 122 Å². The number of ether oxygens (including phenoxy) is 1. The number of nitrogens with one attached hydrogen (secondary N) is 2. The minimum absolute atomic E-state index is 0.0279. The number of carbonyl (C=O) groups is 2. The van der Waals surface area contributed by atoms with Crippen LogP contribution in [-0.2, 0) is 24.3 Å². The number of hydrogen-bond acceptors (Lipinski definition) is 5. The number of carboxylic acid groups (broad SMARTS) is 1. The fraction of sp³-hybridized carbons (Fsp3) is 0.800. The number of rotatable bonds is 9. The lowest BCUT2D eigenvalue weighted by Gasteiger charge is -2.11. The van der Waals surface area contributed by atoms with Gasteiger partial charge in [-0.3, -0.25) is 9.59 Å². The highest BCUT2D eigenvalue weighted by atomic mass is 32.2. The summed E-state index contributed by atoms with van der Waals surface area (Å²) < 4.78 is 30.0. The molecule has 8 nitrogen and oxygen atoms in total. The molecular formula is C10H20N2O6S. The molecular weight excluding hydrogens is 276 g/mol. The second-order valence-corrected chi connectivity index (χ2v) is 6.11. The number of hydrogen-bond donors (Lipinski definition) is 3. The third-order valence-corrected chi connectivity index (χ3v) is 3.29. The molecule has 0 aliphatic heterocycles. The smallest absolute Gasteiger partial charge is 0.325 e. The van der Waals surface area contributed by atoms with Gasteiger partial charge in [0.25, 0.3) is 0 Å². The Labute approximate surface area is 112 Å². The Morgan fingerprint density at radius 1 is 1.26 bits per heavy atom. The lowest BCUT2D eigenvalue weighted by atomic mass is 10.3. The van der Waals surface area contributed by atoms with Gasteiger partial charge in [-0.25, -0.2) is 13.1 Å². The van der Waals surface area contributed by atoms with Crippen molar-refractivity contribution in [1.82, 2.24) is 10.0 Å². The van der Waals surface area contributed by atoms with Crippen LogP contribution in [0.15, 0.2) is 0 Å². The van der Waals surface area contributed by atoms with Crippen LogP contribution in [0.4, 0.5) is 0 Å². The summed E-state index contributed by atoms with van der Waals surface area (Å²) in [6, 6.07) is -1.07.